The number of aryl methyl sites for hydroxylation is 1. The maximum atomic E-state index is 11.0. The number of ether oxygens (including phenoxy) is 1. The van der Waals surface area contributed by atoms with E-state index in [1.165, 1.54) is 7.11 Å². The first-order valence-corrected chi connectivity index (χ1v) is 6.90. The summed E-state index contributed by atoms with van der Waals surface area (Å²) < 4.78 is 7.01. The molecule has 0 aliphatic heterocycles. The van der Waals surface area contributed by atoms with Crippen molar-refractivity contribution in [2.24, 2.45) is 7.05 Å². The van der Waals surface area contributed by atoms with Crippen molar-refractivity contribution in [2.45, 2.75) is 17.8 Å². The number of hydrogen-bond acceptors (Lipinski definition) is 5. The van der Waals surface area contributed by atoms with Crippen LogP contribution in [0.2, 0.25) is 0 Å². The second-order valence-electron chi connectivity index (χ2n) is 4.22. The largest absolute Gasteiger partial charge is 0.496 e. The zero-order chi connectivity index (χ0) is 14.7. The van der Waals surface area contributed by atoms with Gasteiger partial charge in [0.25, 0.3) is 0 Å². The van der Waals surface area contributed by atoms with Crippen LogP contribution in [-0.2, 0) is 12.8 Å². The Labute approximate surface area is 120 Å². The van der Waals surface area contributed by atoms with E-state index in [1.54, 1.807) is 30.0 Å². The van der Waals surface area contributed by atoms with Gasteiger partial charge in [0.05, 0.1) is 7.11 Å². The summed E-state index contributed by atoms with van der Waals surface area (Å²) >= 11 is 1.54. The Balaban J connectivity index is 2.14. The zero-order valence-electron chi connectivity index (χ0n) is 11.5. The number of nitrogens with zero attached hydrogens (tertiary/aromatic N) is 3. The third-order valence-electron chi connectivity index (χ3n) is 2.92. The van der Waals surface area contributed by atoms with Gasteiger partial charge < -0.3 is 14.4 Å². The first kappa shape index (κ1) is 14.4. The Morgan fingerprint density at radius 3 is 2.75 bits per heavy atom. The minimum atomic E-state index is -0.995. The van der Waals surface area contributed by atoms with Crippen LogP contribution in [-0.4, -0.2) is 33.0 Å². The molecule has 0 aliphatic carbocycles. The zero-order valence-corrected chi connectivity index (χ0v) is 12.3. The van der Waals surface area contributed by atoms with Gasteiger partial charge in [0.15, 0.2) is 5.16 Å². The number of carboxylic acid groups (broad SMARTS) is 1. The van der Waals surface area contributed by atoms with Crippen LogP contribution in [0.3, 0.4) is 0 Å². The molecule has 1 heterocycles. The van der Waals surface area contributed by atoms with Gasteiger partial charge in [-0.25, -0.2) is 4.79 Å². The quantitative estimate of drug-likeness (QED) is 0.851. The number of thioether (sulfide) groups is 1. The molecule has 7 heteroatoms. The molecule has 0 radical (unpaired) electrons. The lowest BCUT2D eigenvalue weighted by molar-refractivity contribution is 0.0693. The van der Waals surface area contributed by atoms with Gasteiger partial charge in [0.2, 0.25) is 0 Å². The number of rotatable bonds is 5. The van der Waals surface area contributed by atoms with E-state index in [1.807, 2.05) is 18.5 Å². The highest BCUT2D eigenvalue weighted by Crippen LogP contribution is 2.25. The summed E-state index contributed by atoms with van der Waals surface area (Å²) in [6.07, 6.45) is 0. The minimum Gasteiger partial charge on any atom is -0.496 e. The standard InChI is InChI=1S/C13H15N3O3S/c1-8-14-15-13(16(8)2)20-7-9-4-5-10(12(17)18)11(6-9)19-3/h4-6H,7H2,1-3H3,(H,17,18). The Morgan fingerprint density at radius 1 is 1.45 bits per heavy atom. The molecule has 0 saturated carbocycles. The van der Waals surface area contributed by atoms with Crippen molar-refractivity contribution < 1.29 is 14.6 Å². The molecule has 0 spiro atoms. The molecular weight excluding hydrogens is 278 g/mol. The number of benzene rings is 1. The molecule has 0 aliphatic rings. The van der Waals surface area contributed by atoms with Gasteiger partial charge in [0, 0.05) is 12.8 Å². The molecule has 2 rings (SSSR count). The SMILES string of the molecule is COc1cc(CSc2nnc(C)n2C)ccc1C(=O)O. The van der Waals surface area contributed by atoms with Crippen molar-refractivity contribution in [3.63, 3.8) is 0 Å². The molecule has 0 amide bonds. The van der Waals surface area contributed by atoms with Crippen LogP contribution in [0.15, 0.2) is 23.4 Å². The lowest BCUT2D eigenvalue weighted by atomic mass is 10.1. The molecule has 1 N–H and O–H groups in total. The summed E-state index contributed by atoms with van der Waals surface area (Å²) in [7, 11) is 3.37. The van der Waals surface area contributed by atoms with Crippen molar-refractivity contribution in [3.05, 3.63) is 35.2 Å². The average Bonchev–Trinajstić information content (AvgIpc) is 2.76. The van der Waals surface area contributed by atoms with E-state index in [-0.39, 0.29) is 5.56 Å². The van der Waals surface area contributed by atoms with Crippen molar-refractivity contribution in [1.29, 1.82) is 0 Å². The number of hydrogen-bond donors (Lipinski definition) is 1. The Kier molecular flexibility index (Phi) is 4.29. The van der Waals surface area contributed by atoms with Crippen LogP contribution in [0.4, 0.5) is 0 Å². The van der Waals surface area contributed by atoms with E-state index in [0.717, 1.165) is 16.5 Å². The molecule has 2 aromatic rings. The highest BCUT2D eigenvalue weighted by molar-refractivity contribution is 7.98. The van der Waals surface area contributed by atoms with Gasteiger partial charge >= 0.3 is 5.97 Å². The topological polar surface area (TPSA) is 77.2 Å². The fraction of sp³-hybridized carbons (Fsp3) is 0.308. The van der Waals surface area contributed by atoms with E-state index in [4.69, 9.17) is 9.84 Å². The maximum Gasteiger partial charge on any atom is 0.339 e. The summed E-state index contributed by atoms with van der Waals surface area (Å²) in [5.41, 5.74) is 1.13. The van der Waals surface area contributed by atoms with Gasteiger partial charge in [-0.15, -0.1) is 10.2 Å². The third-order valence-corrected chi connectivity index (χ3v) is 4.01. The minimum absolute atomic E-state index is 0.163. The van der Waals surface area contributed by atoms with Crippen LogP contribution >= 0.6 is 11.8 Å². The number of aromatic nitrogens is 3. The van der Waals surface area contributed by atoms with E-state index in [2.05, 4.69) is 10.2 Å². The van der Waals surface area contributed by atoms with Crippen LogP contribution in [0, 0.1) is 6.92 Å². The summed E-state index contributed by atoms with van der Waals surface area (Å²) in [6.45, 7) is 1.89. The second-order valence-corrected chi connectivity index (χ2v) is 5.16. The molecule has 106 valence electrons. The molecular formula is C13H15N3O3S. The van der Waals surface area contributed by atoms with Crippen molar-refractivity contribution in [3.8, 4) is 5.75 Å². The Morgan fingerprint density at radius 2 is 2.20 bits per heavy atom. The van der Waals surface area contributed by atoms with Gasteiger partial charge in [-0.2, -0.15) is 0 Å². The van der Waals surface area contributed by atoms with Crippen molar-refractivity contribution in [2.75, 3.05) is 7.11 Å². The van der Waals surface area contributed by atoms with E-state index >= 15 is 0 Å². The fourth-order valence-electron chi connectivity index (χ4n) is 1.66. The highest BCUT2D eigenvalue weighted by atomic mass is 32.2. The van der Waals surface area contributed by atoms with E-state index in [0.29, 0.717) is 11.5 Å². The van der Waals surface area contributed by atoms with E-state index in [9.17, 15) is 4.79 Å². The lowest BCUT2D eigenvalue weighted by Gasteiger charge is -2.07. The van der Waals surface area contributed by atoms with Crippen molar-refractivity contribution in [1.82, 2.24) is 14.8 Å². The lowest BCUT2D eigenvalue weighted by Crippen LogP contribution is -2.01. The molecule has 0 saturated heterocycles. The fourth-order valence-corrected chi connectivity index (χ4v) is 2.56. The molecule has 0 unspecified atom stereocenters. The van der Waals surface area contributed by atoms with Gasteiger partial charge in [-0.1, -0.05) is 17.8 Å². The normalized spacial score (nSPS) is 10.6. The predicted octanol–water partition coefficient (Wildman–Crippen LogP) is 2.12. The first-order valence-electron chi connectivity index (χ1n) is 5.92. The van der Waals surface area contributed by atoms with Gasteiger partial charge in [-0.3, -0.25) is 0 Å². The summed E-state index contributed by atoms with van der Waals surface area (Å²) in [5.74, 6) is 0.892. The Bertz CT molecular complexity index is 640. The monoisotopic (exact) mass is 293 g/mol. The molecule has 0 fully saturated rings. The highest BCUT2D eigenvalue weighted by Gasteiger charge is 2.12. The summed E-state index contributed by atoms with van der Waals surface area (Å²) in [5, 5.41) is 17.9. The molecule has 1 aromatic heterocycles. The maximum absolute atomic E-state index is 11.0. The number of carbonyl (C=O) groups is 1. The molecule has 1 aromatic carbocycles. The summed E-state index contributed by atoms with van der Waals surface area (Å²) in [4.78, 5) is 11.0. The van der Waals surface area contributed by atoms with Crippen LogP contribution in [0.25, 0.3) is 0 Å². The van der Waals surface area contributed by atoms with Crippen LogP contribution in [0.1, 0.15) is 21.7 Å². The van der Waals surface area contributed by atoms with Gasteiger partial charge in [-0.05, 0) is 24.6 Å². The number of aromatic carboxylic acids is 1. The van der Waals surface area contributed by atoms with E-state index < -0.39 is 5.97 Å². The first-order chi connectivity index (χ1) is 9.52. The number of carboxylic acids is 1. The predicted molar refractivity (Wildman–Crippen MR) is 75.3 cm³/mol. The third kappa shape index (κ3) is 2.93. The van der Waals surface area contributed by atoms with Crippen LogP contribution < -0.4 is 4.74 Å². The number of methoxy groups -OCH3 is 1. The molecule has 0 atom stereocenters. The Hall–Kier alpha value is -2.02. The molecule has 0 bridgehead atoms. The van der Waals surface area contributed by atoms with Crippen LogP contribution in [0.5, 0.6) is 5.75 Å². The summed E-state index contributed by atoms with van der Waals surface area (Å²) in [6, 6.07) is 5.07. The van der Waals surface area contributed by atoms with Crippen molar-refractivity contribution >= 4 is 17.7 Å². The smallest absolute Gasteiger partial charge is 0.339 e. The molecule has 6 nitrogen and oxygen atoms in total. The molecule has 20 heavy (non-hydrogen) atoms. The van der Waals surface area contributed by atoms with Gasteiger partial charge in [0.1, 0.15) is 17.1 Å². The average molecular weight is 293 g/mol. The second kappa shape index (κ2) is 5.96.